The molecule has 3 saturated heterocycles. The number of aromatic nitrogens is 8. The third kappa shape index (κ3) is 22.0. The third-order valence-corrected chi connectivity index (χ3v) is 22.4. The number of anilines is 1. The number of thiazole rings is 2. The molecule has 0 bridgehead atoms. The fourth-order valence-electron chi connectivity index (χ4n) is 14.5. The van der Waals surface area contributed by atoms with Gasteiger partial charge in [-0.05, 0) is 123 Å². The van der Waals surface area contributed by atoms with Gasteiger partial charge in [-0.25, -0.2) is 37.5 Å². The lowest BCUT2D eigenvalue weighted by atomic mass is 10.1. The molecular weight excluding hydrogens is 1710 g/mol. The van der Waals surface area contributed by atoms with Gasteiger partial charge in [-0.1, -0.05) is 72.9 Å². The van der Waals surface area contributed by atoms with E-state index < -0.39 is 107 Å². The first-order chi connectivity index (χ1) is 61.5. The van der Waals surface area contributed by atoms with Crippen LogP contribution in [-0.2, 0) is 14.4 Å². The van der Waals surface area contributed by atoms with E-state index in [1.165, 1.54) is 74.3 Å². The van der Waals surface area contributed by atoms with Gasteiger partial charge in [0.05, 0.1) is 69.8 Å². The minimum Gasteiger partial charge on any atom is -0.478 e. The first-order valence-corrected chi connectivity index (χ1v) is 41.6. The summed E-state index contributed by atoms with van der Waals surface area (Å²) in [4.78, 5) is 194. The van der Waals surface area contributed by atoms with Crippen molar-refractivity contribution in [1.82, 2.24) is 74.2 Å². The van der Waals surface area contributed by atoms with Gasteiger partial charge in [0.2, 0.25) is 34.8 Å². The number of ketones is 3. The average Bonchev–Trinajstić information content (AvgIpc) is 1.67. The standard InChI is InChI=1S/C28H19F5N4O5.C26H23N5O5S.C22H20N4O5.C8H19N.C4H6N2S.CH3F/c1-13-12-36(26(39)14-5-3-2-4-6-14)9-10-37(13)27(40)24(38)16-11-35-22-15(7-8-34-23(16)22)28(41)42-25-20(32)18(30)17(29)19(31)21(25)33;1-15-14-37-26(29-15)36-25(35)18-8-9-27-21-19(12-28-20(18)21)22(32)24(34)31-11-10-30(13-16(31)2)23(33)17-6-4-3-5-7-17;1-13-12-25(20(28)14-5-3-2-4-6-14)9-10-26(13)21(29)19(27)16-11-24-17-15(22(30)31)7-8-23-18(16)17;1-6-9(7(2)3)8(4)5;1-3-2-7-4(5)6-3;1-2/h2-8,11,13,35H,9-10,12H2,1H3;3-9,12,14,16,28H,10-11,13H2,1-2H3;2-8,11,13,24H,9-10,12H2,1H3,(H,30,31);7-8H,6H2,1-5H3;2H,1H3,(H2,5,6);1H3/t13-;16-;13-;;;/m111.../s1/i;;;;;1D. The van der Waals surface area contributed by atoms with Crippen LogP contribution in [0.3, 0.4) is 0 Å². The van der Waals surface area contributed by atoms with E-state index in [1.54, 1.807) is 127 Å². The van der Waals surface area contributed by atoms with Crippen LogP contribution in [-0.4, -0.2) is 253 Å². The molecule has 0 aliphatic carbocycles. The van der Waals surface area contributed by atoms with Crippen LogP contribution in [0.15, 0.2) is 157 Å². The zero-order valence-electron chi connectivity index (χ0n) is 71.9. The monoisotopic (exact) mass is 1800 g/mol. The normalized spacial score (nSPS) is 14.9. The van der Waals surface area contributed by atoms with Gasteiger partial charge in [-0.15, -0.1) is 11.3 Å². The van der Waals surface area contributed by atoms with E-state index in [0.717, 1.165) is 36.4 Å². The van der Waals surface area contributed by atoms with E-state index in [0.29, 0.717) is 65.6 Å². The number of nitrogens with two attached hydrogens (primary N) is 1. The Labute approximate surface area is 738 Å². The first kappa shape index (κ1) is 94.5. The topological polar surface area (TPSA) is 404 Å². The number of alkyl halides is 1. The Morgan fingerprint density at radius 3 is 1.09 bits per heavy atom. The van der Waals surface area contributed by atoms with Gasteiger partial charge >= 0.3 is 17.9 Å². The minimum atomic E-state index is -2.42. The number of rotatable bonds is 17. The van der Waals surface area contributed by atoms with E-state index in [4.69, 9.17) is 11.8 Å². The Morgan fingerprint density at radius 2 is 0.805 bits per heavy atom. The molecule has 4 aromatic carbocycles. The first-order valence-electron chi connectivity index (χ1n) is 40.6. The van der Waals surface area contributed by atoms with Gasteiger partial charge in [0.1, 0.15) is 16.6 Å². The number of Topliss-reactive ketones (excluding diaryl/α,β-unsaturated/α-hetero) is 3. The number of H-pyrrole nitrogens is 3. The van der Waals surface area contributed by atoms with E-state index in [1.807, 2.05) is 24.4 Å². The molecule has 0 unspecified atom stereocenters. The summed E-state index contributed by atoms with van der Waals surface area (Å²) >= 11 is 2.67. The Kier molecular flexibility index (Phi) is 31.8. The van der Waals surface area contributed by atoms with Crippen molar-refractivity contribution in [2.45, 2.75) is 99.4 Å². The van der Waals surface area contributed by atoms with Crippen LogP contribution < -0.4 is 15.2 Å². The summed E-state index contributed by atoms with van der Waals surface area (Å²) in [7, 11) is -1.00. The Balaban J connectivity index is 0.000000183. The summed E-state index contributed by atoms with van der Waals surface area (Å²) in [5, 5.41) is 13.8. The number of hydrogen-bond acceptors (Lipinski definition) is 23. The number of nitrogen functional groups attached to an aromatic ring is 1. The SMILES string of the molecule is CCN(C(C)C)C(C)C.C[C@@H]1CN(C(=O)c2ccccc2)CCN1C(=O)C(=O)c1c[nH]c2c(C(=O)O)ccnc12.C[C@@H]1CN(C(=O)c2ccccc2)CCN1C(=O)C(=O)c1c[nH]c2c(C(=O)Oc3c(F)c(F)c(F)c(F)c3F)ccnc12.Cc1csc(N)n1.Cc1csc(OC(=O)c2ccnc3c(C(=O)C(=O)N4CCN(C(=O)c5ccccc5)C[C@H]4C)c[nH]c23)n1.[2H]CF. The number of ether oxygens (including phenoxy) is 2. The number of pyridine rings is 3. The zero-order chi connectivity index (χ0) is 93.9. The highest BCUT2D eigenvalue weighted by atomic mass is 32.1. The van der Waals surface area contributed by atoms with Crippen LogP contribution in [0.4, 0.5) is 31.5 Å². The van der Waals surface area contributed by atoms with Gasteiger partial charge in [-0.3, -0.25) is 67.4 Å². The van der Waals surface area contributed by atoms with Crippen molar-refractivity contribution in [2.24, 2.45) is 0 Å². The predicted molar refractivity (Wildman–Crippen MR) is 463 cm³/mol. The lowest BCUT2D eigenvalue weighted by Crippen LogP contribution is -2.56. The molecule has 0 spiro atoms. The number of fused-ring (bicyclic) bond motifs is 3. The number of hydrogen-bond donors (Lipinski definition) is 5. The Bertz CT molecular complexity index is 6090. The number of carboxylic acid groups (broad SMARTS) is 1. The molecule has 3 fully saturated rings. The highest BCUT2D eigenvalue weighted by Gasteiger charge is 2.40. The smallest absolute Gasteiger partial charge is 0.347 e. The second-order valence-electron chi connectivity index (χ2n) is 29.8. The van der Waals surface area contributed by atoms with Gasteiger partial charge in [0.15, 0.2) is 5.13 Å². The number of nitrogens with one attached hydrogen (secondary N) is 3. The molecule has 670 valence electrons. The molecule has 6 N–H and O–H groups in total. The maximum atomic E-state index is 14.0. The lowest BCUT2D eigenvalue weighted by molar-refractivity contribution is -0.130. The van der Waals surface area contributed by atoms with Gasteiger partial charge in [0, 0.05) is 154 Å². The molecule has 12 aromatic rings. The molecule has 11 heterocycles. The number of benzene rings is 4. The molecule has 3 aliphatic heterocycles. The minimum absolute atomic E-state index is 0.0260. The van der Waals surface area contributed by atoms with Crippen molar-refractivity contribution in [3.8, 4) is 10.9 Å². The molecule has 31 nitrogen and oxygen atoms in total. The predicted octanol–water partition coefficient (Wildman–Crippen LogP) is 12.7. The maximum Gasteiger partial charge on any atom is 0.347 e. The molecule has 0 saturated carbocycles. The summed E-state index contributed by atoms with van der Waals surface area (Å²) in [6.07, 6.45) is 7.48. The quantitative estimate of drug-likeness (QED) is 0.0107. The number of esters is 2. The van der Waals surface area contributed by atoms with Gasteiger partial charge in [-0.2, -0.15) is 8.78 Å². The number of carboxylic acids is 1. The maximum absolute atomic E-state index is 14.0. The number of aryl methyl sites for hydroxylation is 2. The van der Waals surface area contributed by atoms with E-state index in [2.05, 4.69) is 84.1 Å². The van der Waals surface area contributed by atoms with Crippen LogP contribution in [0.5, 0.6) is 10.9 Å². The van der Waals surface area contributed by atoms with Crippen molar-refractivity contribution < 1.29 is 99.8 Å². The van der Waals surface area contributed by atoms with Crippen molar-refractivity contribution in [2.75, 3.05) is 78.3 Å². The number of aromatic carboxylic acids is 1. The average molecular weight is 1800 g/mol. The summed E-state index contributed by atoms with van der Waals surface area (Å²) in [5.74, 6) is -22.1. The number of halogens is 6. The van der Waals surface area contributed by atoms with Crippen molar-refractivity contribution >= 4 is 132 Å². The lowest BCUT2D eigenvalue weighted by Gasteiger charge is -2.39. The van der Waals surface area contributed by atoms with Gasteiger partial charge < -0.3 is 64.7 Å². The third-order valence-electron chi connectivity index (χ3n) is 20.7. The van der Waals surface area contributed by atoms with Crippen LogP contribution >= 0.6 is 22.7 Å². The highest BCUT2D eigenvalue weighted by molar-refractivity contribution is 7.13. The summed E-state index contributed by atoms with van der Waals surface area (Å²) in [5.41, 5.74) is 8.66. The zero-order valence-corrected chi connectivity index (χ0v) is 72.5. The Morgan fingerprint density at radius 1 is 0.484 bits per heavy atom. The van der Waals surface area contributed by atoms with E-state index in [9.17, 15) is 89.0 Å². The number of carbonyl (C=O) groups is 12. The van der Waals surface area contributed by atoms with Crippen molar-refractivity contribution in [3.05, 3.63) is 248 Å². The number of nitrogens with zero attached hydrogens (tertiary/aromatic N) is 12. The number of amides is 6. The van der Waals surface area contributed by atoms with Crippen LogP contribution in [0, 0.1) is 42.9 Å². The molecule has 0 radical (unpaired) electrons. The van der Waals surface area contributed by atoms with Crippen LogP contribution in [0.25, 0.3) is 33.1 Å². The fraction of sp³-hybridized carbons (Fsp3) is 0.292. The second-order valence-corrected chi connectivity index (χ2v) is 31.5. The molecule has 39 heteroatoms. The van der Waals surface area contributed by atoms with E-state index in [-0.39, 0.29) is 123 Å². The molecule has 128 heavy (non-hydrogen) atoms. The largest absolute Gasteiger partial charge is 0.478 e. The second kappa shape index (κ2) is 43.1. The highest BCUT2D eigenvalue weighted by Crippen LogP contribution is 2.33. The number of carbonyl (C=O) groups excluding carboxylic acids is 11. The summed E-state index contributed by atoms with van der Waals surface area (Å²) in [6, 6.07) is 30.4. The molecule has 8 aromatic heterocycles. The number of piperazine rings is 3. The summed E-state index contributed by atoms with van der Waals surface area (Å²) < 4.78 is 93.8. The fourth-order valence-corrected chi connectivity index (χ4v) is 15.7. The summed E-state index contributed by atoms with van der Waals surface area (Å²) in [6.45, 7) is 23.4. The van der Waals surface area contributed by atoms with Crippen LogP contribution in [0.1, 0.15) is 161 Å². The van der Waals surface area contributed by atoms with Crippen molar-refractivity contribution in [3.63, 3.8) is 0 Å². The van der Waals surface area contributed by atoms with Gasteiger partial charge in [0.25, 0.3) is 58.0 Å². The van der Waals surface area contributed by atoms with Crippen molar-refractivity contribution in [1.29, 1.82) is 0 Å². The van der Waals surface area contributed by atoms with Crippen LogP contribution in [0.2, 0.25) is 0 Å². The molecular formula is C89H90F6N16O15S2. The Hall–Kier alpha value is -14.2. The molecule has 6 amide bonds. The molecule has 3 aliphatic rings. The number of aromatic amines is 3. The molecule has 3 atom stereocenters. The molecule has 15 rings (SSSR count). The van der Waals surface area contributed by atoms with E-state index >= 15 is 0 Å².